The SMILES string of the molecule is CCCCC(C)(C)CC1OOC2(OO2)C1(C)CCCC. The first-order chi connectivity index (χ1) is 9.39. The van der Waals surface area contributed by atoms with Crippen LogP contribution in [0.2, 0.25) is 0 Å². The second-order valence-corrected chi connectivity index (χ2v) is 7.38. The molecule has 2 fully saturated rings. The Bertz CT molecular complexity index is 324. The van der Waals surface area contributed by atoms with Gasteiger partial charge in [0.05, 0.1) is 5.41 Å². The van der Waals surface area contributed by atoms with Crippen molar-refractivity contribution < 1.29 is 19.6 Å². The highest BCUT2D eigenvalue weighted by Gasteiger charge is 2.74. The average molecular weight is 286 g/mol. The highest BCUT2D eigenvalue weighted by Crippen LogP contribution is 2.59. The lowest BCUT2D eigenvalue weighted by atomic mass is 9.71. The summed E-state index contributed by atoms with van der Waals surface area (Å²) < 4.78 is 0. The summed E-state index contributed by atoms with van der Waals surface area (Å²) in [4.78, 5) is 21.3. The molecule has 0 aromatic carbocycles. The lowest BCUT2D eigenvalue weighted by Crippen LogP contribution is -2.41. The van der Waals surface area contributed by atoms with Crippen molar-refractivity contribution in [2.24, 2.45) is 10.8 Å². The fourth-order valence-corrected chi connectivity index (χ4v) is 3.15. The molecule has 4 heteroatoms. The number of unbranched alkanes of at least 4 members (excludes halogenated alkanes) is 2. The van der Waals surface area contributed by atoms with E-state index in [-0.39, 0.29) is 16.9 Å². The first-order valence-electron chi connectivity index (χ1n) is 8.10. The van der Waals surface area contributed by atoms with E-state index in [4.69, 9.17) is 19.6 Å². The van der Waals surface area contributed by atoms with E-state index in [2.05, 4.69) is 34.6 Å². The number of rotatable bonds is 8. The summed E-state index contributed by atoms with van der Waals surface area (Å²) >= 11 is 0. The summed E-state index contributed by atoms with van der Waals surface area (Å²) in [6.45, 7) is 11.2. The van der Waals surface area contributed by atoms with Crippen LogP contribution < -0.4 is 0 Å². The first kappa shape index (κ1) is 16.2. The van der Waals surface area contributed by atoms with Gasteiger partial charge in [-0.25, -0.2) is 4.89 Å². The minimum absolute atomic E-state index is 0.0309. The van der Waals surface area contributed by atoms with Gasteiger partial charge in [-0.3, -0.25) is 0 Å². The summed E-state index contributed by atoms with van der Waals surface area (Å²) in [6.07, 6.45) is 7.98. The Labute approximate surface area is 123 Å². The minimum Gasteiger partial charge on any atom is -0.227 e. The second-order valence-electron chi connectivity index (χ2n) is 7.38. The van der Waals surface area contributed by atoms with Crippen LogP contribution in [-0.4, -0.2) is 12.1 Å². The van der Waals surface area contributed by atoms with Crippen molar-refractivity contribution in [2.75, 3.05) is 0 Å². The maximum atomic E-state index is 5.61. The molecule has 0 N–H and O–H groups in total. The maximum absolute atomic E-state index is 5.61. The lowest BCUT2D eigenvalue weighted by Gasteiger charge is -2.33. The largest absolute Gasteiger partial charge is 0.373 e. The molecule has 0 aliphatic carbocycles. The van der Waals surface area contributed by atoms with Gasteiger partial charge in [0.1, 0.15) is 6.10 Å². The second kappa shape index (κ2) is 5.91. The molecule has 2 saturated heterocycles. The summed E-state index contributed by atoms with van der Waals surface area (Å²) in [6, 6.07) is 0. The van der Waals surface area contributed by atoms with E-state index in [1.54, 1.807) is 0 Å². The van der Waals surface area contributed by atoms with E-state index in [0.29, 0.717) is 0 Å². The predicted molar refractivity (Wildman–Crippen MR) is 76.4 cm³/mol. The molecule has 2 aliphatic heterocycles. The van der Waals surface area contributed by atoms with Crippen LogP contribution in [0.25, 0.3) is 0 Å². The van der Waals surface area contributed by atoms with Crippen LogP contribution >= 0.6 is 0 Å². The van der Waals surface area contributed by atoms with Crippen LogP contribution in [0.1, 0.15) is 79.6 Å². The van der Waals surface area contributed by atoms with Crippen molar-refractivity contribution in [3.63, 3.8) is 0 Å². The van der Waals surface area contributed by atoms with Gasteiger partial charge in [0.15, 0.2) is 0 Å². The molecule has 2 atom stereocenters. The van der Waals surface area contributed by atoms with Gasteiger partial charge < -0.3 is 0 Å². The molecule has 118 valence electrons. The van der Waals surface area contributed by atoms with E-state index in [1.807, 2.05) is 0 Å². The third-order valence-corrected chi connectivity index (χ3v) is 4.91. The molecule has 2 heterocycles. The van der Waals surface area contributed by atoms with Crippen LogP contribution in [0.3, 0.4) is 0 Å². The van der Waals surface area contributed by atoms with Crippen molar-refractivity contribution >= 4 is 0 Å². The Morgan fingerprint density at radius 1 is 1.00 bits per heavy atom. The Morgan fingerprint density at radius 3 is 2.20 bits per heavy atom. The Morgan fingerprint density at radius 2 is 1.65 bits per heavy atom. The van der Waals surface area contributed by atoms with E-state index >= 15 is 0 Å². The summed E-state index contributed by atoms with van der Waals surface area (Å²) in [5.74, 6) is -0.937. The van der Waals surface area contributed by atoms with Crippen molar-refractivity contribution in [3.8, 4) is 0 Å². The molecule has 1 spiro atoms. The lowest BCUT2D eigenvalue weighted by molar-refractivity contribution is -0.333. The van der Waals surface area contributed by atoms with Gasteiger partial charge in [-0.2, -0.15) is 14.7 Å². The molecular formula is C16H30O4. The quantitative estimate of drug-likeness (QED) is 0.477. The fraction of sp³-hybridized carbons (Fsp3) is 1.00. The standard InChI is InChI=1S/C16H30O4/c1-6-8-10-14(3,4)12-13-15(5,11-9-7-2)16(18-17-13)19-20-16/h13H,6-12H2,1-5H3. The topological polar surface area (TPSA) is 43.5 Å². The highest BCUT2D eigenvalue weighted by atomic mass is 17.5. The summed E-state index contributed by atoms with van der Waals surface area (Å²) in [5.41, 5.74) is 0.0322. The highest BCUT2D eigenvalue weighted by molar-refractivity contribution is 4.98. The van der Waals surface area contributed by atoms with Crippen LogP contribution in [0.15, 0.2) is 0 Å². The van der Waals surface area contributed by atoms with E-state index < -0.39 is 5.97 Å². The zero-order valence-electron chi connectivity index (χ0n) is 13.7. The molecule has 0 bridgehead atoms. The fourth-order valence-electron chi connectivity index (χ4n) is 3.15. The monoisotopic (exact) mass is 286 g/mol. The van der Waals surface area contributed by atoms with Crippen LogP contribution in [0, 0.1) is 10.8 Å². The van der Waals surface area contributed by atoms with E-state index in [9.17, 15) is 0 Å². The zero-order valence-corrected chi connectivity index (χ0v) is 13.7. The molecule has 20 heavy (non-hydrogen) atoms. The van der Waals surface area contributed by atoms with E-state index in [0.717, 1.165) is 25.7 Å². The van der Waals surface area contributed by atoms with Crippen LogP contribution in [-0.2, 0) is 19.6 Å². The molecule has 0 amide bonds. The number of hydrogen-bond acceptors (Lipinski definition) is 4. The third kappa shape index (κ3) is 3.03. The van der Waals surface area contributed by atoms with Gasteiger partial charge in [0, 0.05) is 0 Å². The van der Waals surface area contributed by atoms with Gasteiger partial charge in [-0.1, -0.05) is 53.4 Å². The van der Waals surface area contributed by atoms with Crippen LogP contribution in [0.4, 0.5) is 0 Å². The summed E-state index contributed by atoms with van der Waals surface area (Å²) in [7, 11) is 0. The molecule has 0 aromatic rings. The van der Waals surface area contributed by atoms with Crippen molar-refractivity contribution in [1.29, 1.82) is 0 Å². The molecule has 2 rings (SSSR count). The predicted octanol–water partition coefficient (Wildman–Crippen LogP) is 4.74. The molecule has 2 aliphatic rings. The molecular weight excluding hydrogens is 256 g/mol. The molecule has 4 nitrogen and oxygen atoms in total. The van der Waals surface area contributed by atoms with Gasteiger partial charge in [-0.15, -0.1) is 0 Å². The van der Waals surface area contributed by atoms with Crippen molar-refractivity contribution in [3.05, 3.63) is 0 Å². The normalized spacial score (nSPS) is 31.9. The molecule has 0 aromatic heterocycles. The van der Waals surface area contributed by atoms with Gasteiger partial charge in [0.2, 0.25) is 0 Å². The summed E-state index contributed by atoms with van der Waals surface area (Å²) in [5, 5.41) is 0. The van der Waals surface area contributed by atoms with Crippen molar-refractivity contribution in [2.45, 2.75) is 91.6 Å². The Hall–Kier alpha value is -0.160. The van der Waals surface area contributed by atoms with Gasteiger partial charge in [0.25, 0.3) is 0 Å². The molecule has 2 unspecified atom stereocenters. The Kier molecular flexibility index (Phi) is 4.80. The number of hydrogen-bond donors (Lipinski definition) is 0. The zero-order chi connectivity index (χ0) is 14.9. The minimum atomic E-state index is -0.937. The maximum Gasteiger partial charge on any atom is 0.373 e. The average Bonchev–Trinajstić information content (AvgIpc) is 3.15. The van der Waals surface area contributed by atoms with Gasteiger partial charge >= 0.3 is 5.97 Å². The van der Waals surface area contributed by atoms with E-state index in [1.165, 1.54) is 19.3 Å². The Balaban J connectivity index is 2.02. The van der Waals surface area contributed by atoms with Crippen molar-refractivity contribution in [1.82, 2.24) is 0 Å². The smallest absolute Gasteiger partial charge is 0.227 e. The van der Waals surface area contributed by atoms with Crippen LogP contribution in [0.5, 0.6) is 0 Å². The molecule has 0 radical (unpaired) electrons. The first-order valence-corrected chi connectivity index (χ1v) is 8.10. The molecule has 0 saturated carbocycles. The third-order valence-electron chi connectivity index (χ3n) is 4.91. The van der Waals surface area contributed by atoms with Gasteiger partial charge in [-0.05, 0) is 31.6 Å².